The SMILES string of the molecule is CC1(C)CCCNC1C(=O)NC1CCCOCC1. The van der Waals surface area contributed by atoms with E-state index in [1.807, 2.05) is 0 Å². The minimum Gasteiger partial charge on any atom is -0.381 e. The highest BCUT2D eigenvalue weighted by atomic mass is 16.5. The Balaban J connectivity index is 1.89. The van der Waals surface area contributed by atoms with Crippen molar-refractivity contribution in [3.05, 3.63) is 0 Å². The van der Waals surface area contributed by atoms with Crippen LogP contribution in [0.25, 0.3) is 0 Å². The standard InChI is InChI=1S/C14H26N2O2/c1-14(2)7-4-8-15-12(14)13(17)16-11-5-3-9-18-10-6-11/h11-12,15H,3-10H2,1-2H3,(H,16,17). The first-order chi connectivity index (χ1) is 8.59. The summed E-state index contributed by atoms with van der Waals surface area (Å²) in [5.74, 6) is 0.173. The lowest BCUT2D eigenvalue weighted by Gasteiger charge is -2.38. The molecule has 4 heteroatoms. The van der Waals surface area contributed by atoms with Crippen LogP contribution in [0.3, 0.4) is 0 Å². The molecule has 2 saturated heterocycles. The van der Waals surface area contributed by atoms with Gasteiger partial charge < -0.3 is 15.4 Å². The number of ether oxygens (including phenoxy) is 1. The molecule has 2 heterocycles. The fourth-order valence-corrected chi connectivity index (χ4v) is 2.99. The van der Waals surface area contributed by atoms with Gasteiger partial charge in [-0.05, 0) is 44.1 Å². The van der Waals surface area contributed by atoms with Crippen molar-refractivity contribution in [3.8, 4) is 0 Å². The Morgan fingerprint density at radius 3 is 2.89 bits per heavy atom. The lowest BCUT2D eigenvalue weighted by molar-refractivity contribution is -0.127. The van der Waals surface area contributed by atoms with E-state index in [4.69, 9.17) is 4.74 Å². The Morgan fingerprint density at radius 1 is 1.28 bits per heavy atom. The number of rotatable bonds is 2. The van der Waals surface area contributed by atoms with Gasteiger partial charge in [0.25, 0.3) is 0 Å². The van der Waals surface area contributed by atoms with Crippen molar-refractivity contribution in [1.82, 2.24) is 10.6 Å². The quantitative estimate of drug-likeness (QED) is 0.784. The van der Waals surface area contributed by atoms with E-state index in [0.717, 1.165) is 51.9 Å². The summed E-state index contributed by atoms with van der Waals surface area (Å²) in [6, 6.07) is 0.245. The van der Waals surface area contributed by atoms with Gasteiger partial charge in [-0.2, -0.15) is 0 Å². The molecule has 0 aromatic heterocycles. The van der Waals surface area contributed by atoms with Crippen LogP contribution in [0.4, 0.5) is 0 Å². The van der Waals surface area contributed by atoms with E-state index in [9.17, 15) is 4.79 Å². The fraction of sp³-hybridized carbons (Fsp3) is 0.929. The average Bonchev–Trinajstić information content (AvgIpc) is 2.57. The van der Waals surface area contributed by atoms with Gasteiger partial charge in [-0.25, -0.2) is 0 Å². The monoisotopic (exact) mass is 254 g/mol. The third-order valence-corrected chi connectivity index (χ3v) is 4.19. The molecule has 18 heavy (non-hydrogen) atoms. The molecule has 2 unspecified atom stereocenters. The summed E-state index contributed by atoms with van der Waals surface area (Å²) in [5, 5.41) is 6.57. The molecule has 0 aromatic carbocycles. The molecule has 4 nitrogen and oxygen atoms in total. The van der Waals surface area contributed by atoms with Crippen molar-refractivity contribution in [2.45, 2.75) is 58.0 Å². The summed E-state index contributed by atoms with van der Waals surface area (Å²) in [6.07, 6.45) is 5.31. The van der Waals surface area contributed by atoms with Crippen LogP contribution in [-0.4, -0.2) is 37.7 Å². The second-order valence-electron chi connectivity index (χ2n) is 6.23. The third kappa shape index (κ3) is 3.45. The van der Waals surface area contributed by atoms with Crippen LogP contribution in [0.15, 0.2) is 0 Å². The van der Waals surface area contributed by atoms with Gasteiger partial charge in [-0.3, -0.25) is 4.79 Å². The number of piperidine rings is 1. The molecule has 0 saturated carbocycles. The zero-order valence-electron chi connectivity index (χ0n) is 11.6. The van der Waals surface area contributed by atoms with Crippen LogP contribution in [-0.2, 0) is 9.53 Å². The summed E-state index contributed by atoms with van der Waals surface area (Å²) < 4.78 is 5.43. The largest absolute Gasteiger partial charge is 0.381 e. The normalized spacial score (nSPS) is 32.6. The maximum atomic E-state index is 12.4. The van der Waals surface area contributed by atoms with Crippen molar-refractivity contribution >= 4 is 5.91 Å². The summed E-state index contributed by atoms with van der Waals surface area (Å²) in [7, 11) is 0. The number of carbonyl (C=O) groups is 1. The summed E-state index contributed by atoms with van der Waals surface area (Å²) in [4.78, 5) is 12.4. The first kappa shape index (κ1) is 13.8. The second kappa shape index (κ2) is 6.02. The summed E-state index contributed by atoms with van der Waals surface area (Å²) in [5.41, 5.74) is 0.0591. The fourth-order valence-electron chi connectivity index (χ4n) is 2.99. The zero-order valence-corrected chi connectivity index (χ0v) is 11.6. The highest BCUT2D eigenvalue weighted by Gasteiger charge is 2.37. The van der Waals surface area contributed by atoms with E-state index in [-0.39, 0.29) is 17.4 Å². The molecule has 104 valence electrons. The van der Waals surface area contributed by atoms with Crippen molar-refractivity contribution < 1.29 is 9.53 Å². The number of carbonyl (C=O) groups excluding carboxylic acids is 1. The van der Waals surface area contributed by atoms with Crippen molar-refractivity contribution in [1.29, 1.82) is 0 Å². The molecule has 2 aliphatic heterocycles. The highest BCUT2D eigenvalue weighted by Crippen LogP contribution is 2.30. The maximum Gasteiger partial charge on any atom is 0.237 e. The molecule has 1 amide bonds. The summed E-state index contributed by atoms with van der Waals surface area (Å²) >= 11 is 0. The zero-order chi connectivity index (χ0) is 13.0. The molecular formula is C14H26N2O2. The average molecular weight is 254 g/mol. The number of nitrogens with one attached hydrogen (secondary N) is 2. The van der Waals surface area contributed by atoms with Gasteiger partial charge in [-0.15, -0.1) is 0 Å². The van der Waals surface area contributed by atoms with Crippen LogP contribution >= 0.6 is 0 Å². The minimum absolute atomic E-state index is 0.0459. The van der Waals surface area contributed by atoms with E-state index in [1.165, 1.54) is 0 Å². The van der Waals surface area contributed by atoms with Crippen LogP contribution in [0.5, 0.6) is 0 Å². The molecular weight excluding hydrogens is 228 g/mol. The van der Waals surface area contributed by atoms with E-state index in [2.05, 4.69) is 24.5 Å². The lowest BCUT2D eigenvalue weighted by atomic mass is 9.77. The third-order valence-electron chi connectivity index (χ3n) is 4.19. The Labute approximate surface area is 110 Å². The molecule has 0 aliphatic carbocycles. The Morgan fingerprint density at radius 2 is 2.11 bits per heavy atom. The minimum atomic E-state index is -0.0459. The molecule has 2 atom stereocenters. The number of hydrogen-bond acceptors (Lipinski definition) is 3. The smallest absolute Gasteiger partial charge is 0.237 e. The molecule has 2 aliphatic rings. The van der Waals surface area contributed by atoms with Gasteiger partial charge in [0.05, 0.1) is 6.04 Å². The van der Waals surface area contributed by atoms with Crippen molar-refractivity contribution in [2.24, 2.45) is 5.41 Å². The molecule has 0 radical (unpaired) electrons. The molecule has 2 fully saturated rings. The van der Waals surface area contributed by atoms with Crippen molar-refractivity contribution in [3.63, 3.8) is 0 Å². The number of hydrogen-bond donors (Lipinski definition) is 2. The van der Waals surface area contributed by atoms with Gasteiger partial charge >= 0.3 is 0 Å². The molecule has 0 aromatic rings. The van der Waals surface area contributed by atoms with Gasteiger partial charge in [0.1, 0.15) is 0 Å². The van der Waals surface area contributed by atoms with E-state index < -0.39 is 0 Å². The van der Waals surface area contributed by atoms with Gasteiger partial charge in [0.15, 0.2) is 0 Å². The van der Waals surface area contributed by atoms with Crippen LogP contribution < -0.4 is 10.6 Å². The maximum absolute atomic E-state index is 12.4. The predicted octanol–water partition coefficient (Wildman–Crippen LogP) is 1.45. The molecule has 2 rings (SSSR count). The first-order valence-corrected chi connectivity index (χ1v) is 7.21. The van der Waals surface area contributed by atoms with Gasteiger partial charge in [0, 0.05) is 19.3 Å². The first-order valence-electron chi connectivity index (χ1n) is 7.21. The van der Waals surface area contributed by atoms with Gasteiger partial charge in [0.2, 0.25) is 5.91 Å². The Kier molecular flexibility index (Phi) is 4.62. The second-order valence-corrected chi connectivity index (χ2v) is 6.23. The Bertz CT molecular complexity index is 284. The lowest BCUT2D eigenvalue weighted by Crippen LogP contribution is -2.57. The van der Waals surface area contributed by atoms with Crippen molar-refractivity contribution in [2.75, 3.05) is 19.8 Å². The van der Waals surface area contributed by atoms with Crippen LogP contribution in [0.1, 0.15) is 46.0 Å². The summed E-state index contributed by atoms with van der Waals surface area (Å²) in [6.45, 7) is 6.92. The molecule has 2 N–H and O–H groups in total. The van der Waals surface area contributed by atoms with Gasteiger partial charge in [-0.1, -0.05) is 13.8 Å². The van der Waals surface area contributed by atoms with E-state index >= 15 is 0 Å². The number of amides is 1. The highest BCUT2D eigenvalue weighted by molar-refractivity contribution is 5.83. The van der Waals surface area contributed by atoms with E-state index in [1.54, 1.807) is 0 Å². The predicted molar refractivity (Wildman–Crippen MR) is 71.4 cm³/mol. The Hall–Kier alpha value is -0.610. The molecule has 0 bridgehead atoms. The van der Waals surface area contributed by atoms with E-state index in [0.29, 0.717) is 6.04 Å². The van der Waals surface area contributed by atoms with Crippen LogP contribution in [0, 0.1) is 5.41 Å². The van der Waals surface area contributed by atoms with Crippen LogP contribution in [0.2, 0.25) is 0 Å². The topological polar surface area (TPSA) is 50.4 Å². The molecule has 0 spiro atoms.